The summed E-state index contributed by atoms with van der Waals surface area (Å²) < 4.78 is 1.51. The Morgan fingerprint density at radius 3 is 2.50 bits per heavy atom. The lowest BCUT2D eigenvalue weighted by Gasteiger charge is -2.19. The summed E-state index contributed by atoms with van der Waals surface area (Å²) in [5.41, 5.74) is 2.21. The molecule has 2 aromatic heterocycles. The van der Waals surface area contributed by atoms with Crippen LogP contribution >= 0.6 is 11.3 Å². The van der Waals surface area contributed by atoms with Crippen molar-refractivity contribution in [2.75, 3.05) is 5.32 Å². The van der Waals surface area contributed by atoms with Crippen LogP contribution in [0.5, 0.6) is 0 Å². The molecule has 0 fully saturated rings. The highest BCUT2D eigenvalue weighted by Crippen LogP contribution is 2.32. The van der Waals surface area contributed by atoms with Crippen molar-refractivity contribution in [2.45, 2.75) is 12.5 Å². The number of nitro groups is 1. The van der Waals surface area contributed by atoms with E-state index in [4.69, 9.17) is 0 Å². The van der Waals surface area contributed by atoms with Crippen LogP contribution in [0, 0.1) is 10.1 Å². The third-order valence-corrected chi connectivity index (χ3v) is 4.96. The average Bonchev–Trinajstić information content (AvgIpc) is 3.23. The van der Waals surface area contributed by atoms with Gasteiger partial charge in [-0.05, 0) is 22.5 Å². The van der Waals surface area contributed by atoms with Gasteiger partial charge < -0.3 is 15.4 Å². The Morgan fingerprint density at radius 2 is 1.81 bits per heavy atom. The van der Waals surface area contributed by atoms with E-state index in [-0.39, 0.29) is 16.8 Å². The van der Waals surface area contributed by atoms with Crippen molar-refractivity contribution in [1.29, 1.82) is 0 Å². The third-order valence-electron chi connectivity index (χ3n) is 4.21. The summed E-state index contributed by atoms with van der Waals surface area (Å²) in [6.45, 7) is 0. The smallest absolute Gasteiger partial charge is 0.358 e. The number of benzene rings is 2. The molecule has 0 radical (unpaired) electrons. The first-order valence-corrected chi connectivity index (χ1v) is 9.05. The fourth-order valence-corrected chi connectivity index (χ4v) is 3.71. The van der Waals surface area contributed by atoms with Crippen LogP contribution in [0.25, 0.3) is 4.96 Å². The Labute approximate surface area is 153 Å². The highest BCUT2D eigenvalue weighted by Gasteiger charge is 2.26. The predicted molar refractivity (Wildman–Crippen MR) is 103 cm³/mol. The van der Waals surface area contributed by atoms with Gasteiger partial charge in [0.2, 0.25) is 5.82 Å². The summed E-state index contributed by atoms with van der Waals surface area (Å²) in [5.74, 6) is 0.266. The lowest BCUT2D eigenvalue weighted by molar-refractivity contribution is -0.389. The zero-order valence-electron chi connectivity index (χ0n) is 13.8. The number of hydrogen-bond acceptors (Lipinski definition) is 5. The molecule has 7 heteroatoms. The van der Waals surface area contributed by atoms with E-state index in [1.165, 1.54) is 15.7 Å². The molecule has 0 aliphatic carbocycles. The SMILES string of the molecule is O=[N+]([O-])c1c(N[C@@H](Cc2ccccc2)c2ccccc2)nc2sccn12. The standard InChI is InChI=1S/C19H16N4O2S/c24-23(25)18-17(21-19-22(18)11-12-26-19)20-16(15-9-5-2-6-10-15)13-14-7-3-1-4-8-14/h1-12,16,20H,13H2/t16-/m0/s1. The van der Waals surface area contributed by atoms with E-state index in [2.05, 4.69) is 22.4 Å². The van der Waals surface area contributed by atoms with Crippen LogP contribution < -0.4 is 5.32 Å². The molecule has 4 aromatic rings. The Kier molecular flexibility index (Phi) is 4.37. The maximum atomic E-state index is 11.6. The van der Waals surface area contributed by atoms with Crippen molar-refractivity contribution in [3.63, 3.8) is 0 Å². The van der Waals surface area contributed by atoms with Crippen molar-refractivity contribution in [3.05, 3.63) is 93.5 Å². The van der Waals surface area contributed by atoms with Gasteiger partial charge in [-0.2, -0.15) is 9.38 Å². The van der Waals surface area contributed by atoms with E-state index in [0.29, 0.717) is 17.2 Å². The number of fused-ring (bicyclic) bond motifs is 1. The molecule has 2 heterocycles. The minimum absolute atomic E-state index is 0.0322. The minimum Gasteiger partial charge on any atom is -0.358 e. The Bertz CT molecular complexity index is 1030. The number of nitrogens with zero attached hydrogens (tertiary/aromatic N) is 3. The summed E-state index contributed by atoms with van der Waals surface area (Å²) in [7, 11) is 0. The Morgan fingerprint density at radius 1 is 1.12 bits per heavy atom. The first-order valence-electron chi connectivity index (χ1n) is 8.18. The van der Waals surface area contributed by atoms with Gasteiger partial charge in [-0.25, -0.2) is 0 Å². The molecule has 26 heavy (non-hydrogen) atoms. The summed E-state index contributed by atoms with van der Waals surface area (Å²) >= 11 is 1.37. The highest BCUT2D eigenvalue weighted by atomic mass is 32.1. The van der Waals surface area contributed by atoms with Crippen LogP contribution in [-0.2, 0) is 6.42 Å². The number of hydrogen-bond donors (Lipinski definition) is 1. The molecule has 130 valence electrons. The molecule has 0 unspecified atom stereocenters. The zero-order valence-corrected chi connectivity index (χ0v) is 14.6. The van der Waals surface area contributed by atoms with Crippen LogP contribution in [0.4, 0.5) is 11.6 Å². The normalized spacial score (nSPS) is 12.2. The van der Waals surface area contributed by atoms with E-state index in [0.717, 1.165) is 11.1 Å². The molecular formula is C19H16N4O2S. The number of imidazole rings is 1. The van der Waals surface area contributed by atoms with Crippen LogP contribution in [-0.4, -0.2) is 14.3 Å². The molecule has 6 nitrogen and oxygen atoms in total. The lowest BCUT2D eigenvalue weighted by atomic mass is 9.99. The van der Waals surface area contributed by atoms with Gasteiger partial charge >= 0.3 is 5.82 Å². The first kappa shape index (κ1) is 16.3. The van der Waals surface area contributed by atoms with Crippen molar-refractivity contribution in [2.24, 2.45) is 0 Å². The average molecular weight is 364 g/mol. The number of thiazole rings is 1. The van der Waals surface area contributed by atoms with E-state index in [9.17, 15) is 10.1 Å². The fraction of sp³-hybridized carbons (Fsp3) is 0.105. The number of aromatic nitrogens is 2. The van der Waals surface area contributed by atoms with Gasteiger partial charge in [-0.3, -0.25) is 0 Å². The van der Waals surface area contributed by atoms with Crippen LogP contribution in [0.15, 0.2) is 72.2 Å². The number of anilines is 1. The minimum atomic E-state index is -0.389. The molecule has 0 aliphatic rings. The number of rotatable bonds is 6. The molecule has 0 bridgehead atoms. The van der Waals surface area contributed by atoms with Crippen molar-refractivity contribution in [3.8, 4) is 0 Å². The van der Waals surface area contributed by atoms with Crippen molar-refractivity contribution in [1.82, 2.24) is 9.38 Å². The maximum absolute atomic E-state index is 11.6. The molecule has 0 amide bonds. The van der Waals surface area contributed by atoms with Gasteiger partial charge in [0.25, 0.3) is 4.96 Å². The second-order valence-corrected chi connectivity index (χ2v) is 6.77. The quantitative estimate of drug-likeness (QED) is 0.398. The largest absolute Gasteiger partial charge is 0.372 e. The molecule has 0 saturated heterocycles. The van der Waals surface area contributed by atoms with Crippen molar-refractivity contribution < 1.29 is 4.92 Å². The predicted octanol–water partition coefficient (Wildman–Crippen LogP) is 4.70. The summed E-state index contributed by atoms with van der Waals surface area (Å²) in [6.07, 6.45) is 2.37. The van der Waals surface area contributed by atoms with Crippen molar-refractivity contribution >= 4 is 27.9 Å². The lowest BCUT2D eigenvalue weighted by Crippen LogP contribution is -2.15. The molecule has 1 N–H and O–H groups in total. The molecular weight excluding hydrogens is 348 g/mol. The summed E-state index contributed by atoms with van der Waals surface area (Å²) in [6, 6.07) is 19.9. The van der Waals surface area contributed by atoms with Crippen LogP contribution in [0.2, 0.25) is 0 Å². The highest BCUT2D eigenvalue weighted by molar-refractivity contribution is 7.15. The second-order valence-electron chi connectivity index (χ2n) is 5.89. The molecule has 0 saturated carbocycles. The van der Waals surface area contributed by atoms with Gasteiger partial charge in [-0.1, -0.05) is 72.0 Å². The summed E-state index contributed by atoms with van der Waals surface area (Å²) in [5, 5.41) is 16.7. The molecule has 0 aliphatic heterocycles. The van der Waals surface area contributed by atoms with Crippen LogP contribution in [0.1, 0.15) is 17.2 Å². The molecule has 4 rings (SSSR count). The molecule has 0 spiro atoms. The Balaban J connectivity index is 1.72. The van der Waals surface area contributed by atoms with E-state index in [1.54, 1.807) is 11.6 Å². The topological polar surface area (TPSA) is 72.5 Å². The van der Waals surface area contributed by atoms with E-state index >= 15 is 0 Å². The third kappa shape index (κ3) is 3.16. The Hall–Kier alpha value is -3.19. The van der Waals surface area contributed by atoms with Gasteiger partial charge in [0.05, 0.1) is 6.04 Å². The van der Waals surface area contributed by atoms with Gasteiger partial charge in [0.15, 0.2) is 0 Å². The fourth-order valence-electron chi connectivity index (χ4n) is 3.00. The van der Waals surface area contributed by atoms with E-state index < -0.39 is 0 Å². The van der Waals surface area contributed by atoms with Gasteiger partial charge in [0, 0.05) is 5.38 Å². The van der Waals surface area contributed by atoms with Gasteiger partial charge in [-0.15, -0.1) is 0 Å². The number of nitrogens with one attached hydrogen (secondary N) is 1. The maximum Gasteiger partial charge on any atom is 0.372 e. The molecule has 2 aromatic carbocycles. The van der Waals surface area contributed by atoms with E-state index in [1.807, 2.05) is 48.5 Å². The zero-order chi connectivity index (χ0) is 17.9. The van der Waals surface area contributed by atoms with Crippen LogP contribution in [0.3, 0.4) is 0 Å². The monoisotopic (exact) mass is 364 g/mol. The first-order chi connectivity index (χ1) is 12.7. The van der Waals surface area contributed by atoms with Gasteiger partial charge in [0.1, 0.15) is 6.20 Å². The second kappa shape index (κ2) is 6.97. The summed E-state index contributed by atoms with van der Waals surface area (Å²) in [4.78, 5) is 16.2. The molecule has 1 atom stereocenters.